The van der Waals surface area contributed by atoms with E-state index in [2.05, 4.69) is 25.1 Å². The monoisotopic (exact) mass is 367 g/mol. The number of amides is 1. The van der Waals surface area contributed by atoms with Crippen molar-refractivity contribution in [2.75, 3.05) is 54.5 Å². The molecule has 142 valence electrons. The molecule has 2 aliphatic rings. The molecule has 2 fully saturated rings. The van der Waals surface area contributed by atoms with Gasteiger partial charge in [0.25, 0.3) is 5.91 Å². The first kappa shape index (κ1) is 17.7. The minimum atomic E-state index is -0.242. The van der Waals surface area contributed by atoms with E-state index in [1.54, 1.807) is 12.4 Å². The van der Waals surface area contributed by atoms with Crippen LogP contribution in [0.2, 0.25) is 0 Å². The quantitative estimate of drug-likeness (QED) is 0.896. The third-order valence-electron chi connectivity index (χ3n) is 5.05. The molecule has 1 N–H and O–H groups in total. The Morgan fingerprint density at radius 3 is 2.44 bits per heavy atom. The Kier molecular flexibility index (Phi) is 5.48. The highest BCUT2D eigenvalue weighted by atomic mass is 16.5. The zero-order valence-electron chi connectivity index (χ0n) is 15.4. The van der Waals surface area contributed by atoms with Crippen LogP contribution in [0, 0.1) is 0 Å². The van der Waals surface area contributed by atoms with Gasteiger partial charge in [-0.25, -0.2) is 9.97 Å². The third kappa shape index (κ3) is 4.19. The van der Waals surface area contributed by atoms with Crippen LogP contribution in [0.15, 0.2) is 36.7 Å². The van der Waals surface area contributed by atoms with Crippen LogP contribution < -0.4 is 15.1 Å². The second kappa shape index (κ2) is 8.35. The van der Waals surface area contributed by atoms with E-state index in [1.807, 2.05) is 24.3 Å². The molecular weight excluding hydrogens is 342 g/mol. The van der Waals surface area contributed by atoms with Gasteiger partial charge in [0.05, 0.1) is 37.0 Å². The lowest BCUT2D eigenvalue weighted by atomic mass is 10.1. The van der Waals surface area contributed by atoms with Gasteiger partial charge in [-0.15, -0.1) is 0 Å². The summed E-state index contributed by atoms with van der Waals surface area (Å²) in [5.74, 6) is 0.605. The first-order valence-corrected chi connectivity index (χ1v) is 9.61. The van der Waals surface area contributed by atoms with E-state index in [-0.39, 0.29) is 5.91 Å². The van der Waals surface area contributed by atoms with E-state index in [0.29, 0.717) is 18.9 Å². The summed E-state index contributed by atoms with van der Waals surface area (Å²) in [5, 5.41) is 2.99. The van der Waals surface area contributed by atoms with E-state index >= 15 is 0 Å². The molecule has 7 nitrogen and oxygen atoms in total. The Hall–Kier alpha value is -2.67. The number of para-hydroxylation sites is 2. The van der Waals surface area contributed by atoms with E-state index in [9.17, 15) is 4.79 Å². The number of anilines is 3. The maximum atomic E-state index is 12.7. The smallest absolute Gasteiger partial charge is 0.275 e. The molecule has 0 unspecified atom stereocenters. The number of ether oxygens (including phenoxy) is 1. The Morgan fingerprint density at radius 1 is 0.926 bits per heavy atom. The molecule has 0 aliphatic carbocycles. The number of carbonyl (C=O) groups is 1. The molecule has 7 heteroatoms. The highest BCUT2D eigenvalue weighted by Gasteiger charge is 2.18. The van der Waals surface area contributed by atoms with Crippen molar-refractivity contribution in [1.29, 1.82) is 0 Å². The molecule has 1 amide bonds. The van der Waals surface area contributed by atoms with Crippen molar-refractivity contribution in [2.45, 2.75) is 19.3 Å². The van der Waals surface area contributed by atoms with Gasteiger partial charge in [0, 0.05) is 26.2 Å². The molecule has 2 saturated heterocycles. The number of hydrogen-bond acceptors (Lipinski definition) is 6. The zero-order chi connectivity index (χ0) is 18.5. The molecule has 3 heterocycles. The predicted octanol–water partition coefficient (Wildman–Crippen LogP) is 2.56. The van der Waals surface area contributed by atoms with E-state index in [1.165, 1.54) is 19.3 Å². The molecule has 2 aromatic rings. The minimum absolute atomic E-state index is 0.242. The van der Waals surface area contributed by atoms with Crippen LogP contribution >= 0.6 is 0 Å². The number of hydrogen-bond donors (Lipinski definition) is 1. The molecule has 0 saturated carbocycles. The van der Waals surface area contributed by atoms with Gasteiger partial charge in [0.2, 0.25) is 0 Å². The van der Waals surface area contributed by atoms with Crippen LogP contribution in [0.5, 0.6) is 0 Å². The molecule has 27 heavy (non-hydrogen) atoms. The first-order valence-electron chi connectivity index (χ1n) is 9.61. The second-order valence-electron chi connectivity index (χ2n) is 6.88. The van der Waals surface area contributed by atoms with Crippen LogP contribution in [0.3, 0.4) is 0 Å². The molecule has 4 rings (SSSR count). The van der Waals surface area contributed by atoms with Crippen molar-refractivity contribution in [3.05, 3.63) is 42.4 Å². The summed E-state index contributed by atoms with van der Waals surface area (Å²) in [4.78, 5) is 25.9. The van der Waals surface area contributed by atoms with Crippen LogP contribution in [0.25, 0.3) is 0 Å². The lowest BCUT2D eigenvalue weighted by molar-refractivity contribution is 0.102. The maximum Gasteiger partial charge on any atom is 0.275 e. The Balaban J connectivity index is 1.46. The number of rotatable bonds is 4. The molecule has 2 aliphatic heterocycles. The molecular formula is C20H25N5O2. The van der Waals surface area contributed by atoms with Crippen molar-refractivity contribution < 1.29 is 9.53 Å². The van der Waals surface area contributed by atoms with Crippen molar-refractivity contribution in [2.24, 2.45) is 0 Å². The summed E-state index contributed by atoms with van der Waals surface area (Å²) >= 11 is 0. The van der Waals surface area contributed by atoms with E-state index < -0.39 is 0 Å². The summed E-state index contributed by atoms with van der Waals surface area (Å²) in [7, 11) is 0. The minimum Gasteiger partial charge on any atom is -0.378 e. The largest absolute Gasteiger partial charge is 0.378 e. The molecule has 0 bridgehead atoms. The number of nitrogens with zero attached hydrogens (tertiary/aromatic N) is 4. The molecule has 0 atom stereocenters. The third-order valence-corrected chi connectivity index (χ3v) is 5.05. The SMILES string of the molecule is O=C(Nc1ccccc1N1CCOCC1)c1cnc(N2CCCCC2)cn1. The summed E-state index contributed by atoms with van der Waals surface area (Å²) in [6.07, 6.45) is 6.90. The normalized spacial score (nSPS) is 17.6. The van der Waals surface area contributed by atoms with Crippen molar-refractivity contribution >= 4 is 23.1 Å². The topological polar surface area (TPSA) is 70.6 Å². The van der Waals surface area contributed by atoms with Crippen molar-refractivity contribution in [3.63, 3.8) is 0 Å². The number of carbonyl (C=O) groups excluding carboxylic acids is 1. The fourth-order valence-electron chi connectivity index (χ4n) is 3.57. The number of aromatic nitrogens is 2. The fraction of sp³-hybridized carbons (Fsp3) is 0.450. The molecule has 1 aromatic heterocycles. The lowest BCUT2D eigenvalue weighted by Crippen LogP contribution is -2.36. The molecule has 0 radical (unpaired) electrons. The van der Waals surface area contributed by atoms with Crippen molar-refractivity contribution in [3.8, 4) is 0 Å². The highest BCUT2D eigenvalue weighted by Crippen LogP contribution is 2.26. The summed E-state index contributed by atoms with van der Waals surface area (Å²) < 4.78 is 5.42. The van der Waals surface area contributed by atoms with Crippen molar-refractivity contribution in [1.82, 2.24) is 9.97 Å². The van der Waals surface area contributed by atoms with Gasteiger partial charge in [-0.05, 0) is 31.4 Å². The Bertz CT molecular complexity index is 768. The van der Waals surface area contributed by atoms with Gasteiger partial charge in [-0.2, -0.15) is 0 Å². The summed E-state index contributed by atoms with van der Waals surface area (Å²) in [6.45, 7) is 5.05. The van der Waals surface area contributed by atoms with Gasteiger partial charge in [-0.1, -0.05) is 12.1 Å². The molecule has 1 aromatic carbocycles. The zero-order valence-corrected chi connectivity index (χ0v) is 15.4. The average Bonchev–Trinajstić information content (AvgIpc) is 2.75. The number of morpholine rings is 1. The Morgan fingerprint density at radius 2 is 1.70 bits per heavy atom. The van der Waals surface area contributed by atoms with Crippen LogP contribution in [0.1, 0.15) is 29.8 Å². The number of nitrogens with one attached hydrogen (secondary N) is 1. The average molecular weight is 367 g/mol. The highest BCUT2D eigenvalue weighted by molar-refractivity contribution is 6.04. The second-order valence-corrected chi connectivity index (χ2v) is 6.88. The summed E-state index contributed by atoms with van der Waals surface area (Å²) in [6, 6.07) is 7.84. The van der Waals surface area contributed by atoms with Gasteiger partial charge < -0.3 is 19.9 Å². The Labute approximate surface area is 159 Å². The van der Waals surface area contributed by atoms with Crippen LogP contribution in [-0.4, -0.2) is 55.3 Å². The fourth-order valence-corrected chi connectivity index (χ4v) is 3.57. The maximum absolute atomic E-state index is 12.7. The van der Waals surface area contributed by atoms with Gasteiger partial charge >= 0.3 is 0 Å². The van der Waals surface area contributed by atoms with Crippen LogP contribution in [0.4, 0.5) is 17.2 Å². The number of piperidine rings is 1. The standard InChI is InChI=1S/C20H25N5O2/c26-20(17-14-22-19(15-21-17)25-8-4-1-5-9-25)23-16-6-2-3-7-18(16)24-10-12-27-13-11-24/h2-3,6-7,14-15H,1,4-5,8-13H2,(H,23,26). The van der Waals surface area contributed by atoms with E-state index in [0.717, 1.165) is 43.4 Å². The first-order chi connectivity index (χ1) is 13.3. The van der Waals surface area contributed by atoms with Crippen LogP contribution in [-0.2, 0) is 4.74 Å². The van der Waals surface area contributed by atoms with E-state index in [4.69, 9.17) is 4.74 Å². The van der Waals surface area contributed by atoms with Gasteiger partial charge in [0.1, 0.15) is 11.5 Å². The van der Waals surface area contributed by atoms with Gasteiger partial charge in [0.15, 0.2) is 0 Å². The van der Waals surface area contributed by atoms with Gasteiger partial charge in [-0.3, -0.25) is 4.79 Å². The number of benzene rings is 1. The molecule has 0 spiro atoms. The summed E-state index contributed by atoms with van der Waals surface area (Å²) in [5.41, 5.74) is 2.12. The predicted molar refractivity (Wildman–Crippen MR) is 106 cm³/mol. The lowest BCUT2D eigenvalue weighted by Gasteiger charge is -2.30.